The molecule has 0 bridgehead atoms. The summed E-state index contributed by atoms with van der Waals surface area (Å²) in [4.78, 5) is 18.4. The van der Waals surface area contributed by atoms with Crippen LogP contribution in [0.15, 0.2) is 0 Å². The van der Waals surface area contributed by atoms with Crippen molar-refractivity contribution in [2.24, 2.45) is 5.73 Å². The van der Waals surface area contributed by atoms with E-state index < -0.39 is 6.09 Å². The van der Waals surface area contributed by atoms with Gasteiger partial charge >= 0.3 is 6.09 Å². The predicted octanol–water partition coefficient (Wildman–Crippen LogP) is 4.05. The van der Waals surface area contributed by atoms with E-state index in [4.69, 9.17) is 0 Å². The quantitative estimate of drug-likeness (QED) is 0.245. The second-order valence-electron chi connectivity index (χ2n) is 5.03. The topological polar surface area (TPSA) is 98.5 Å². The van der Waals surface area contributed by atoms with Crippen molar-refractivity contribution in [3.8, 4) is 0 Å². The number of primary amides is 1. The molecule has 1 amide bonds. The van der Waals surface area contributed by atoms with Crippen LogP contribution in [-0.4, -0.2) is 12.7 Å². The van der Waals surface area contributed by atoms with Gasteiger partial charge in [0.15, 0.2) is 0 Å². The van der Waals surface area contributed by atoms with Gasteiger partial charge in [-0.25, -0.2) is 14.6 Å². The first-order valence-corrected chi connectivity index (χ1v) is 8.03. The van der Waals surface area contributed by atoms with E-state index in [2.05, 4.69) is 42.6 Å². The smallest absolute Gasteiger partial charge is 0.333 e. The molecule has 8 nitrogen and oxygen atoms in total. The van der Waals surface area contributed by atoms with Gasteiger partial charge in [0, 0.05) is 10.1 Å². The van der Waals surface area contributed by atoms with Gasteiger partial charge in [0.2, 0.25) is 0 Å². The minimum Gasteiger partial charge on any atom is -0.333 e. The van der Waals surface area contributed by atoms with Crippen LogP contribution in [0.4, 0.5) is 4.79 Å². The van der Waals surface area contributed by atoms with Crippen LogP contribution < -0.4 is 5.73 Å². The van der Waals surface area contributed by atoms with E-state index in [-0.39, 0.29) is 0 Å². The summed E-state index contributed by atoms with van der Waals surface area (Å²) in [5.74, 6) is 0. The Bertz CT molecular complexity index is 241. The van der Waals surface area contributed by atoms with Gasteiger partial charge < -0.3 is 5.73 Å². The Kier molecular flexibility index (Phi) is 17.4. The maximum absolute atomic E-state index is 10.0. The number of nitrogens with two attached hydrogens (primary N) is 1. The standard InChI is InChI=1S/C14H29NO7/c1-2-3-4-5-6-7-8-9-10-11-12-13-17-19-21-22-20-18-14(15)16/h2-13H2,1H3,(H2,15,16). The molecular weight excluding hydrogens is 294 g/mol. The molecule has 0 aliphatic carbocycles. The van der Waals surface area contributed by atoms with Crippen LogP contribution in [0.1, 0.15) is 77.6 Å². The molecule has 0 aromatic rings. The Morgan fingerprint density at radius 1 is 0.727 bits per heavy atom. The lowest BCUT2D eigenvalue weighted by atomic mass is 10.1. The average molecular weight is 323 g/mol. The van der Waals surface area contributed by atoms with Crippen LogP contribution in [0.2, 0.25) is 0 Å². The number of hydrogen-bond acceptors (Lipinski definition) is 7. The molecule has 0 aliphatic heterocycles. The molecule has 0 rings (SSSR count). The molecule has 0 heterocycles. The van der Waals surface area contributed by atoms with Crippen molar-refractivity contribution in [3.63, 3.8) is 0 Å². The fraction of sp³-hybridized carbons (Fsp3) is 0.929. The Hall–Kier alpha value is -0.930. The second-order valence-corrected chi connectivity index (χ2v) is 5.03. The van der Waals surface area contributed by atoms with Crippen LogP contribution in [0.25, 0.3) is 0 Å². The van der Waals surface area contributed by atoms with Gasteiger partial charge in [-0.15, -0.1) is 0 Å². The molecule has 0 spiro atoms. The minimum absolute atomic E-state index is 0.372. The fourth-order valence-corrected chi connectivity index (χ4v) is 1.95. The number of rotatable bonds is 17. The summed E-state index contributed by atoms with van der Waals surface area (Å²) < 4.78 is 0. The van der Waals surface area contributed by atoms with Gasteiger partial charge in [0.25, 0.3) is 0 Å². The van der Waals surface area contributed by atoms with Gasteiger partial charge in [-0.1, -0.05) is 71.1 Å². The molecule has 0 fully saturated rings. The zero-order valence-corrected chi connectivity index (χ0v) is 13.4. The molecular formula is C14H29NO7. The Morgan fingerprint density at radius 2 is 1.23 bits per heavy atom. The summed E-state index contributed by atoms with van der Waals surface area (Å²) in [5.41, 5.74) is 4.57. The summed E-state index contributed by atoms with van der Waals surface area (Å²) >= 11 is 0. The number of carbonyl (C=O) groups excluding carboxylic acids is 1. The maximum Gasteiger partial charge on any atom is 0.439 e. The summed E-state index contributed by atoms with van der Waals surface area (Å²) in [6.07, 6.45) is 12.6. The summed E-state index contributed by atoms with van der Waals surface area (Å²) in [6.45, 7) is 2.61. The summed E-state index contributed by atoms with van der Waals surface area (Å²) in [5, 5.41) is 15.5. The monoisotopic (exact) mass is 323 g/mol. The molecule has 132 valence electrons. The Labute approximate surface area is 131 Å². The van der Waals surface area contributed by atoms with Gasteiger partial charge in [-0.05, 0) is 16.5 Å². The van der Waals surface area contributed by atoms with Crippen LogP contribution in [0.3, 0.4) is 0 Å². The highest BCUT2D eigenvalue weighted by Gasteiger charge is 1.98. The molecule has 0 aromatic carbocycles. The van der Waals surface area contributed by atoms with Crippen molar-refractivity contribution in [1.29, 1.82) is 0 Å². The van der Waals surface area contributed by atoms with Crippen molar-refractivity contribution < 1.29 is 34.7 Å². The van der Waals surface area contributed by atoms with Gasteiger partial charge in [0.1, 0.15) is 0 Å². The van der Waals surface area contributed by atoms with Crippen LogP contribution in [-0.2, 0) is 29.9 Å². The lowest BCUT2D eigenvalue weighted by Crippen LogP contribution is -2.13. The van der Waals surface area contributed by atoms with Crippen LogP contribution in [0, 0.1) is 0 Å². The second kappa shape index (κ2) is 18.1. The summed E-state index contributed by atoms with van der Waals surface area (Å²) in [6, 6.07) is 0. The minimum atomic E-state index is -1.18. The first-order chi connectivity index (χ1) is 10.8. The van der Waals surface area contributed by atoms with E-state index in [0.29, 0.717) is 6.61 Å². The number of amides is 1. The highest BCUT2D eigenvalue weighted by Crippen LogP contribution is 2.11. The zero-order chi connectivity index (χ0) is 16.3. The van der Waals surface area contributed by atoms with E-state index in [1.54, 1.807) is 0 Å². The Balaban J connectivity index is 2.95. The molecule has 0 radical (unpaired) electrons. The fourth-order valence-electron chi connectivity index (χ4n) is 1.95. The van der Waals surface area contributed by atoms with Crippen LogP contribution >= 0.6 is 0 Å². The van der Waals surface area contributed by atoms with Crippen molar-refractivity contribution >= 4 is 6.09 Å². The first kappa shape index (κ1) is 21.1. The lowest BCUT2D eigenvalue weighted by molar-refractivity contribution is -0.749. The highest BCUT2D eigenvalue weighted by atomic mass is 17.8. The third-order valence-electron chi connectivity index (χ3n) is 3.08. The molecule has 2 N–H and O–H groups in total. The van der Waals surface area contributed by atoms with Gasteiger partial charge in [-0.3, -0.25) is 0 Å². The predicted molar refractivity (Wildman–Crippen MR) is 77.4 cm³/mol. The van der Waals surface area contributed by atoms with E-state index in [1.165, 1.54) is 57.8 Å². The lowest BCUT2D eigenvalue weighted by Gasteiger charge is -2.03. The van der Waals surface area contributed by atoms with E-state index in [1.807, 2.05) is 0 Å². The molecule has 0 atom stereocenters. The van der Waals surface area contributed by atoms with Crippen molar-refractivity contribution in [2.45, 2.75) is 77.6 Å². The molecule has 0 aliphatic rings. The number of hydrogen-bond donors (Lipinski definition) is 1. The van der Waals surface area contributed by atoms with Crippen molar-refractivity contribution in [1.82, 2.24) is 0 Å². The maximum atomic E-state index is 10.0. The number of unbranched alkanes of at least 4 members (excludes halogenated alkanes) is 10. The molecule has 22 heavy (non-hydrogen) atoms. The third-order valence-corrected chi connectivity index (χ3v) is 3.08. The van der Waals surface area contributed by atoms with Crippen molar-refractivity contribution in [3.05, 3.63) is 0 Å². The zero-order valence-electron chi connectivity index (χ0n) is 13.4. The van der Waals surface area contributed by atoms with Gasteiger partial charge in [-0.2, -0.15) is 0 Å². The SMILES string of the molecule is CCCCCCCCCCCCCOOOOOOC(N)=O. The normalized spacial score (nSPS) is 10.8. The molecule has 8 heteroatoms. The number of carbonyl (C=O) groups is 1. The molecule has 0 unspecified atom stereocenters. The first-order valence-electron chi connectivity index (χ1n) is 8.03. The van der Waals surface area contributed by atoms with Crippen molar-refractivity contribution in [2.75, 3.05) is 6.61 Å². The largest absolute Gasteiger partial charge is 0.439 e. The highest BCUT2D eigenvalue weighted by molar-refractivity contribution is 5.63. The molecule has 0 saturated carbocycles. The van der Waals surface area contributed by atoms with E-state index in [9.17, 15) is 4.79 Å². The average Bonchev–Trinajstić information content (AvgIpc) is 2.50. The summed E-state index contributed by atoms with van der Waals surface area (Å²) in [7, 11) is 0. The van der Waals surface area contributed by atoms with Gasteiger partial charge in [0.05, 0.1) is 6.61 Å². The third kappa shape index (κ3) is 19.1. The molecule has 0 aromatic heterocycles. The molecule has 0 saturated heterocycles. The Morgan fingerprint density at radius 3 is 1.77 bits per heavy atom. The van der Waals surface area contributed by atoms with E-state index >= 15 is 0 Å². The van der Waals surface area contributed by atoms with E-state index in [0.717, 1.165) is 12.8 Å². The van der Waals surface area contributed by atoms with Crippen LogP contribution in [0.5, 0.6) is 0 Å².